The van der Waals surface area contributed by atoms with E-state index < -0.39 is 11.7 Å². The Morgan fingerprint density at radius 2 is 1.63 bits per heavy atom. The minimum absolute atomic E-state index is 0.0326. The Morgan fingerprint density at radius 1 is 0.976 bits per heavy atom. The maximum absolute atomic E-state index is 13.5. The Kier molecular flexibility index (Phi) is 8.54. The third-order valence-corrected chi connectivity index (χ3v) is 8.34. The zero-order chi connectivity index (χ0) is 29.0. The van der Waals surface area contributed by atoms with Gasteiger partial charge in [-0.05, 0) is 61.1 Å². The van der Waals surface area contributed by atoms with Crippen LogP contribution in [0.4, 0.5) is 13.2 Å². The molecule has 1 atom stereocenters. The number of aromatic nitrogens is 1. The van der Waals surface area contributed by atoms with Gasteiger partial charge in [-0.3, -0.25) is 9.59 Å². The molecule has 0 saturated carbocycles. The highest BCUT2D eigenvalue weighted by Gasteiger charge is 2.31. The maximum Gasteiger partial charge on any atom is 0.416 e. The van der Waals surface area contributed by atoms with E-state index in [2.05, 4.69) is 10.3 Å². The highest BCUT2D eigenvalue weighted by molar-refractivity contribution is 7.09. The van der Waals surface area contributed by atoms with Crippen molar-refractivity contribution in [1.29, 1.82) is 0 Å². The summed E-state index contributed by atoms with van der Waals surface area (Å²) in [6.07, 6.45) is -2.25. The number of likely N-dealkylation sites (tertiary alicyclic amines) is 1. The molecule has 1 unspecified atom stereocenters. The van der Waals surface area contributed by atoms with Gasteiger partial charge in [0, 0.05) is 36.0 Å². The molecule has 0 aliphatic carbocycles. The van der Waals surface area contributed by atoms with Crippen molar-refractivity contribution >= 4 is 23.2 Å². The van der Waals surface area contributed by atoms with E-state index in [1.807, 2.05) is 37.3 Å². The van der Waals surface area contributed by atoms with Crippen molar-refractivity contribution in [1.82, 2.24) is 15.2 Å². The lowest BCUT2D eigenvalue weighted by Gasteiger charge is -2.31. The minimum Gasteiger partial charge on any atom is -0.348 e. The van der Waals surface area contributed by atoms with Gasteiger partial charge in [0.05, 0.1) is 10.6 Å². The van der Waals surface area contributed by atoms with Crippen molar-refractivity contribution in [3.8, 4) is 11.1 Å². The molecule has 0 spiro atoms. The lowest BCUT2D eigenvalue weighted by atomic mass is 9.94. The van der Waals surface area contributed by atoms with Crippen molar-refractivity contribution < 1.29 is 22.8 Å². The third kappa shape index (κ3) is 6.85. The zero-order valence-corrected chi connectivity index (χ0v) is 23.3. The number of nitrogens with one attached hydrogen (secondary N) is 1. The van der Waals surface area contributed by atoms with Crippen LogP contribution in [0.5, 0.6) is 0 Å². The quantitative estimate of drug-likeness (QED) is 0.253. The van der Waals surface area contributed by atoms with Crippen LogP contribution in [0.25, 0.3) is 11.1 Å². The Bertz CT molecular complexity index is 1490. The second kappa shape index (κ2) is 12.3. The molecule has 1 aliphatic rings. The first-order chi connectivity index (χ1) is 19.7. The van der Waals surface area contributed by atoms with Gasteiger partial charge in [0.15, 0.2) is 0 Å². The van der Waals surface area contributed by atoms with E-state index >= 15 is 0 Å². The molecule has 212 valence electrons. The first-order valence-corrected chi connectivity index (χ1v) is 14.4. The van der Waals surface area contributed by atoms with Crippen LogP contribution in [0.3, 0.4) is 0 Å². The van der Waals surface area contributed by atoms with Crippen molar-refractivity contribution in [3.63, 3.8) is 0 Å². The molecule has 9 heteroatoms. The van der Waals surface area contributed by atoms with E-state index in [9.17, 15) is 22.8 Å². The average molecular weight is 578 g/mol. The van der Waals surface area contributed by atoms with Gasteiger partial charge in [-0.2, -0.15) is 13.2 Å². The number of carbonyl (C=O) groups is 2. The normalized spacial score (nSPS) is 15.0. The highest BCUT2D eigenvalue weighted by atomic mass is 32.1. The number of hydrogen-bond acceptors (Lipinski definition) is 4. The molecular formula is C32H30F3N3O2S. The fourth-order valence-electron chi connectivity index (χ4n) is 5.16. The van der Waals surface area contributed by atoms with Gasteiger partial charge in [-0.15, -0.1) is 11.3 Å². The van der Waals surface area contributed by atoms with Crippen LogP contribution >= 0.6 is 11.3 Å². The van der Waals surface area contributed by atoms with Crippen LogP contribution in [-0.2, 0) is 12.6 Å². The fourth-order valence-corrected chi connectivity index (χ4v) is 6.13. The van der Waals surface area contributed by atoms with Gasteiger partial charge in [-0.25, -0.2) is 4.98 Å². The van der Waals surface area contributed by atoms with E-state index in [1.54, 1.807) is 34.5 Å². The van der Waals surface area contributed by atoms with Crippen LogP contribution in [-0.4, -0.2) is 40.8 Å². The molecule has 1 aromatic heterocycles. The van der Waals surface area contributed by atoms with Crippen LogP contribution < -0.4 is 5.32 Å². The van der Waals surface area contributed by atoms with Gasteiger partial charge in [0.2, 0.25) is 0 Å². The summed E-state index contributed by atoms with van der Waals surface area (Å²) in [6, 6.07) is 21.8. The highest BCUT2D eigenvalue weighted by Crippen LogP contribution is 2.34. The second-order valence-corrected chi connectivity index (χ2v) is 11.2. The Hall–Kier alpha value is -3.98. The molecule has 1 saturated heterocycles. The summed E-state index contributed by atoms with van der Waals surface area (Å²) in [5.41, 5.74) is 2.46. The number of piperidine rings is 1. The Morgan fingerprint density at radius 3 is 2.32 bits per heavy atom. The van der Waals surface area contributed by atoms with Crippen molar-refractivity contribution in [2.24, 2.45) is 0 Å². The van der Waals surface area contributed by atoms with Crippen molar-refractivity contribution in [2.75, 3.05) is 13.1 Å². The SMILES string of the molecule is CC(Cc1ccccc1)NC(=O)c1csc(C2CCN(C(=O)c3ccccc3-c3ccc(C(F)(F)F)cc3)CC2)n1. The molecule has 1 aliphatic heterocycles. The number of carbonyl (C=O) groups excluding carboxylic acids is 2. The summed E-state index contributed by atoms with van der Waals surface area (Å²) in [6.45, 7) is 3.03. The monoisotopic (exact) mass is 577 g/mol. The Balaban J connectivity index is 1.19. The summed E-state index contributed by atoms with van der Waals surface area (Å²) in [5.74, 6) is -0.188. The molecular weight excluding hydrogens is 547 g/mol. The molecule has 2 amide bonds. The first-order valence-electron chi connectivity index (χ1n) is 13.5. The predicted molar refractivity (Wildman–Crippen MR) is 154 cm³/mol. The maximum atomic E-state index is 13.5. The van der Waals surface area contributed by atoms with Crippen LogP contribution in [0.15, 0.2) is 84.2 Å². The summed E-state index contributed by atoms with van der Waals surface area (Å²) in [5, 5.41) is 5.71. The number of thiazole rings is 1. The largest absolute Gasteiger partial charge is 0.416 e. The fraction of sp³-hybridized carbons (Fsp3) is 0.281. The summed E-state index contributed by atoms with van der Waals surface area (Å²) < 4.78 is 39.0. The summed E-state index contributed by atoms with van der Waals surface area (Å²) in [7, 11) is 0. The van der Waals surface area contributed by atoms with Gasteiger partial charge in [0.1, 0.15) is 5.69 Å². The predicted octanol–water partition coefficient (Wildman–Crippen LogP) is 7.21. The van der Waals surface area contributed by atoms with Crippen LogP contribution in [0.1, 0.15) is 62.7 Å². The first kappa shape index (κ1) is 28.5. The van der Waals surface area contributed by atoms with Gasteiger partial charge >= 0.3 is 6.18 Å². The molecule has 3 aromatic carbocycles. The van der Waals surface area contributed by atoms with E-state index in [-0.39, 0.29) is 23.8 Å². The van der Waals surface area contributed by atoms with E-state index in [0.29, 0.717) is 48.3 Å². The lowest BCUT2D eigenvalue weighted by molar-refractivity contribution is -0.137. The molecule has 1 N–H and O–H groups in total. The van der Waals surface area contributed by atoms with Crippen LogP contribution in [0, 0.1) is 0 Å². The minimum atomic E-state index is -4.42. The zero-order valence-electron chi connectivity index (χ0n) is 22.5. The molecule has 0 radical (unpaired) electrons. The summed E-state index contributed by atoms with van der Waals surface area (Å²) >= 11 is 1.47. The molecule has 5 nitrogen and oxygen atoms in total. The number of hydrogen-bond donors (Lipinski definition) is 1. The molecule has 0 bridgehead atoms. The van der Waals surface area contributed by atoms with E-state index in [1.165, 1.54) is 23.5 Å². The second-order valence-electron chi connectivity index (χ2n) is 10.3. The Labute approximate surface area is 241 Å². The number of halogens is 3. The average Bonchev–Trinajstić information content (AvgIpc) is 3.48. The molecule has 4 aromatic rings. The van der Waals surface area contributed by atoms with Gasteiger partial charge in [-0.1, -0.05) is 60.7 Å². The van der Waals surface area contributed by atoms with Gasteiger partial charge < -0.3 is 10.2 Å². The number of rotatable bonds is 7. The molecule has 1 fully saturated rings. The number of benzene rings is 3. The molecule has 5 rings (SSSR count). The number of amides is 2. The topological polar surface area (TPSA) is 62.3 Å². The van der Waals surface area contributed by atoms with E-state index in [4.69, 9.17) is 0 Å². The standard InChI is InChI=1S/C32H30F3N3O2S/c1-21(19-22-7-3-2-4-8-22)36-29(39)28-20-41-30(37-28)24-15-17-38(18-16-24)31(40)27-10-6-5-9-26(27)23-11-13-25(14-12-23)32(33,34)35/h2-14,20-21,24H,15-19H2,1H3,(H,36,39). The molecule has 41 heavy (non-hydrogen) atoms. The van der Waals surface area contributed by atoms with Crippen molar-refractivity contribution in [3.05, 3.63) is 112 Å². The third-order valence-electron chi connectivity index (χ3n) is 7.33. The molecule has 2 heterocycles. The number of alkyl halides is 3. The van der Waals surface area contributed by atoms with Gasteiger partial charge in [0.25, 0.3) is 11.8 Å². The number of nitrogens with zero attached hydrogens (tertiary/aromatic N) is 2. The smallest absolute Gasteiger partial charge is 0.348 e. The lowest BCUT2D eigenvalue weighted by Crippen LogP contribution is -2.38. The summed E-state index contributed by atoms with van der Waals surface area (Å²) in [4.78, 5) is 32.7. The van der Waals surface area contributed by atoms with Crippen LogP contribution in [0.2, 0.25) is 0 Å². The van der Waals surface area contributed by atoms with E-state index in [0.717, 1.165) is 29.1 Å². The van der Waals surface area contributed by atoms with Crippen molar-refractivity contribution in [2.45, 2.75) is 44.3 Å².